The van der Waals surface area contributed by atoms with E-state index in [4.69, 9.17) is 11.6 Å². The van der Waals surface area contributed by atoms with Crippen LogP contribution in [0.3, 0.4) is 0 Å². The zero-order valence-corrected chi connectivity index (χ0v) is 12.7. The minimum atomic E-state index is 0.110. The Morgan fingerprint density at radius 3 is 2.94 bits per heavy atom. The molecule has 1 atom stereocenters. The summed E-state index contributed by atoms with van der Waals surface area (Å²) in [5, 5.41) is 0.655. The minimum Gasteiger partial charge on any atom is -0.338 e. The van der Waals surface area contributed by atoms with E-state index >= 15 is 0 Å². The third kappa shape index (κ3) is 2.94. The number of hydrogen-bond acceptors (Lipinski definition) is 1. The summed E-state index contributed by atoms with van der Waals surface area (Å²) < 4.78 is 0.980. The first-order valence-corrected chi connectivity index (χ1v) is 7.31. The molecule has 0 bridgehead atoms. The van der Waals surface area contributed by atoms with Crippen LogP contribution in [0.1, 0.15) is 30.1 Å². The zero-order valence-electron chi connectivity index (χ0n) is 9.75. The van der Waals surface area contributed by atoms with Crippen molar-refractivity contribution < 1.29 is 4.79 Å². The Labute approximate surface area is 120 Å². The van der Waals surface area contributed by atoms with Crippen LogP contribution in [0.15, 0.2) is 18.2 Å². The van der Waals surface area contributed by atoms with Gasteiger partial charge in [0, 0.05) is 22.2 Å². The Hall–Kier alpha value is -0.290. The van der Waals surface area contributed by atoms with Gasteiger partial charge in [-0.1, -0.05) is 24.9 Å². The van der Waals surface area contributed by atoms with Gasteiger partial charge in [0.05, 0.1) is 5.02 Å². The maximum absolute atomic E-state index is 12.2. The van der Waals surface area contributed by atoms with Crippen molar-refractivity contribution >= 4 is 40.1 Å². The number of benzene rings is 1. The number of likely N-dealkylation sites (tertiary alicyclic amines) is 1. The standard InChI is InChI=1S/C13H15ClINO/c1-2-9-5-6-16(8-9)13(17)10-3-4-12(15)11(14)7-10/h3-4,7,9H,2,5-6,8H2,1H3. The van der Waals surface area contributed by atoms with E-state index in [0.29, 0.717) is 16.5 Å². The Bertz CT molecular complexity index is 435. The van der Waals surface area contributed by atoms with Crippen molar-refractivity contribution in [1.82, 2.24) is 4.90 Å². The number of halogens is 2. The molecule has 0 spiro atoms. The van der Waals surface area contributed by atoms with Gasteiger partial charge >= 0.3 is 0 Å². The highest BCUT2D eigenvalue weighted by Gasteiger charge is 2.25. The Kier molecular flexibility index (Phi) is 4.31. The predicted octanol–water partition coefficient (Wildman–Crippen LogP) is 3.82. The van der Waals surface area contributed by atoms with Gasteiger partial charge in [0.15, 0.2) is 0 Å². The summed E-state index contributed by atoms with van der Waals surface area (Å²) in [5.74, 6) is 0.775. The molecule has 17 heavy (non-hydrogen) atoms. The molecule has 2 nitrogen and oxygen atoms in total. The van der Waals surface area contributed by atoms with Crippen LogP contribution in [0.5, 0.6) is 0 Å². The second kappa shape index (κ2) is 5.57. The van der Waals surface area contributed by atoms with Crippen molar-refractivity contribution in [3.8, 4) is 0 Å². The summed E-state index contributed by atoms with van der Waals surface area (Å²) in [6.45, 7) is 3.94. The highest BCUT2D eigenvalue weighted by molar-refractivity contribution is 14.1. The predicted molar refractivity (Wildman–Crippen MR) is 78.5 cm³/mol. The van der Waals surface area contributed by atoms with Gasteiger partial charge in [-0.15, -0.1) is 0 Å². The zero-order chi connectivity index (χ0) is 12.4. The largest absolute Gasteiger partial charge is 0.338 e. The van der Waals surface area contributed by atoms with Crippen molar-refractivity contribution in [2.75, 3.05) is 13.1 Å². The normalized spacial score (nSPS) is 19.7. The molecule has 2 rings (SSSR count). The van der Waals surface area contributed by atoms with Crippen LogP contribution in [-0.2, 0) is 0 Å². The molecule has 1 amide bonds. The minimum absolute atomic E-state index is 0.110. The molecule has 0 aromatic heterocycles. The van der Waals surface area contributed by atoms with Crippen LogP contribution < -0.4 is 0 Å². The number of amides is 1. The number of carbonyl (C=O) groups excluding carboxylic acids is 1. The maximum Gasteiger partial charge on any atom is 0.253 e. The van der Waals surface area contributed by atoms with E-state index in [1.807, 2.05) is 17.0 Å². The first kappa shape index (κ1) is 13.1. The average Bonchev–Trinajstić information content (AvgIpc) is 2.80. The first-order valence-electron chi connectivity index (χ1n) is 5.86. The van der Waals surface area contributed by atoms with Crippen LogP contribution in [0, 0.1) is 9.49 Å². The molecule has 1 heterocycles. The molecule has 1 aromatic carbocycles. The molecule has 1 unspecified atom stereocenters. The number of rotatable bonds is 2. The molecule has 92 valence electrons. The van der Waals surface area contributed by atoms with Gasteiger partial charge in [-0.2, -0.15) is 0 Å². The molecular weight excluding hydrogens is 349 g/mol. The Morgan fingerprint density at radius 2 is 2.35 bits per heavy atom. The van der Waals surface area contributed by atoms with Crippen molar-refractivity contribution in [2.45, 2.75) is 19.8 Å². The second-order valence-corrected chi connectivity index (χ2v) is 6.01. The second-order valence-electron chi connectivity index (χ2n) is 4.44. The Balaban J connectivity index is 2.12. The third-order valence-corrected chi connectivity index (χ3v) is 4.89. The number of carbonyl (C=O) groups is 1. The van der Waals surface area contributed by atoms with Crippen LogP contribution in [0.2, 0.25) is 5.02 Å². The topological polar surface area (TPSA) is 20.3 Å². The summed E-state index contributed by atoms with van der Waals surface area (Å²) in [6.07, 6.45) is 2.28. The number of nitrogens with zero attached hydrogens (tertiary/aromatic N) is 1. The molecule has 1 saturated heterocycles. The van der Waals surface area contributed by atoms with Crippen LogP contribution in [-0.4, -0.2) is 23.9 Å². The van der Waals surface area contributed by atoms with Crippen LogP contribution in [0.4, 0.5) is 0 Å². The molecule has 0 N–H and O–H groups in total. The summed E-state index contributed by atoms with van der Waals surface area (Å²) in [7, 11) is 0. The molecule has 1 aliphatic heterocycles. The van der Waals surface area contributed by atoms with Crippen molar-refractivity contribution in [3.63, 3.8) is 0 Å². The van der Waals surface area contributed by atoms with Crippen LogP contribution in [0.25, 0.3) is 0 Å². The molecule has 1 fully saturated rings. The van der Waals surface area contributed by atoms with Gasteiger partial charge in [-0.25, -0.2) is 0 Å². The fourth-order valence-corrected chi connectivity index (χ4v) is 2.68. The smallest absolute Gasteiger partial charge is 0.253 e. The van der Waals surface area contributed by atoms with Gasteiger partial charge in [-0.05, 0) is 53.1 Å². The van der Waals surface area contributed by atoms with E-state index in [2.05, 4.69) is 29.5 Å². The van der Waals surface area contributed by atoms with Crippen molar-refractivity contribution in [2.24, 2.45) is 5.92 Å². The lowest BCUT2D eigenvalue weighted by Gasteiger charge is -2.16. The summed E-state index contributed by atoms with van der Waals surface area (Å²) in [4.78, 5) is 14.2. The highest BCUT2D eigenvalue weighted by atomic mass is 127. The average molecular weight is 364 g/mol. The van der Waals surface area contributed by atoms with E-state index in [-0.39, 0.29) is 5.91 Å². The fraction of sp³-hybridized carbons (Fsp3) is 0.462. The first-order chi connectivity index (χ1) is 8.11. The molecule has 1 aliphatic rings. The van der Waals surface area contributed by atoms with Crippen LogP contribution >= 0.6 is 34.2 Å². The Morgan fingerprint density at radius 1 is 1.59 bits per heavy atom. The maximum atomic E-state index is 12.2. The van der Waals surface area contributed by atoms with E-state index in [1.165, 1.54) is 0 Å². The SMILES string of the molecule is CCC1CCN(C(=O)c2ccc(I)c(Cl)c2)C1. The summed E-state index contributed by atoms with van der Waals surface area (Å²) in [6, 6.07) is 5.52. The van der Waals surface area contributed by atoms with Gasteiger partial charge in [-0.3, -0.25) is 4.79 Å². The summed E-state index contributed by atoms with van der Waals surface area (Å²) >= 11 is 8.21. The molecule has 0 saturated carbocycles. The third-order valence-electron chi connectivity index (χ3n) is 3.32. The lowest BCUT2D eigenvalue weighted by molar-refractivity contribution is 0.0787. The van der Waals surface area contributed by atoms with Crippen molar-refractivity contribution in [1.29, 1.82) is 0 Å². The fourth-order valence-electron chi connectivity index (χ4n) is 2.16. The monoisotopic (exact) mass is 363 g/mol. The van der Waals surface area contributed by atoms with E-state index < -0.39 is 0 Å². The van der Waals surface area contributed by atoms with E-state index in [9.17, 15) is 4.79 Å². The molecule has 4 heteroatoms. The summed E-state index contributed by atoms with van der Waals surface area (Å²) in [5.41, 5.74) is 0.701. The molecule has 1 aromatic rings. The lowest BCUT2D eigenvalue weighted by atomic mass is 10.1. The van der Waals surface area contributed by atoms with Gasteiger partial charge < -0.3 is 4.90 Å². The van der Waals surface area contributed by atoms with Crippen molar-refractivity contribution in [3.05, 3.63) is 32.4 Å². The molecule has 0 aliphatic carbocycles. The quantitative estimate of drug-likeness (QED) is 0.732. The van der Waals surface area contributed by atoms with Gasteiger partial charge in [0.1, 0.15) is 0 Å². The number of hydrogen-bond donors (Lipinski definition) is 0. The van der Waals surface area contributed by atoms with Gasteiger partial charge in [0.25, 0.3) is 5.91 Å². The molecular formula is C13H15ClINO. The van der Waals surface area contributed by atoms with E-state index in [0.717, 1.165) is 29.5 Å². The van der Waals surface area contributed by atoms with Gasteiger partial charge in [0.2, 0.25) is 0 Å². The highest BCUT2D eigenvalue weighted by Crippen LogP contribution is 2.24. The van der Waals surface area contributed by atoms with E-state index in [1.54, 1.807) is 6.07 Å². The molecule has 0 radical (unpaired) electrons. The lowest BCUT2D eigenvalue weighted by Crippen LogP contribution is -2.28.